The van der Waals surface area contributed by atoms with Crippen LogP contribution in [0.1, 0.15) is 11.6 Å². The van der Waals surface area contributed by atoms with Crippen LogP contribution in [0, 0.1) is 5.82 Å². The number of halogens is 1. The maximum atomic E-state index is 12.8. The van der Waals surface area contributed by atoms with E-state index in [0.29, 0.717) is 19.8 Å². The number of methoxy groups -OCH3 is 1. The monoisotopic (exact) mass is 239 g/mol. The van der Waals surface area contributed by atoms with Gasteiger partial charge in [-0.15, -0.1) is 0 Å². The summed E-state index contributed by atoms with van der Waals surface area (Å²) in [4.78, 5) is 13.2. The van der Waals surface area contributed by atoms with Gasteiger partial charge in [0.2, 0.25) is 0 Å². The van der Waals surface area contributed by atoms with Crippen LogP contribution in [-0.2, 0) is 9.47 Å². The highest BCUT2D eigenvalue weighted by atomic mass is 19.1. The minimum atomic E-state index is -0.386. The van der Waals surface area contributed by atoms with Gasteiger partial charge in [0.1, 0.15) is 5.82 Å². The zero-order valence-electron chi connectivity index (χ0n) is 9.56. The first-order valence-electron chi connectivity index (χ1n) is 5.40. The molecule has 4 nitrogen and oxygen atoms in total. The number of carbonyl (C=O) groups excluding carboxylic acids is 1. The lowest BCUT2D eigenvalue weighted by atomic mass is 10.1. The van der Waals surface area contributed by atoms with Crippen molar-refractivity contribution >= 4 is 6.09 Å². The van der Waals surface area contributed by atoms with E-state index in [0.717, 1.165) is 5.56 Å². The standard InChI is InChI=1S/C12H14FNO3/c1-16-12(15)14-6-7-17-8-11(14)9-2-4-10(13)5-3-9/h2-5,11H,6-8H2,1H3. The van der Waals surface area contributed by atoms with Crippen LogP contribution in [0.3, 0.4) is 0 Å². The highest BCUT2D eigenvalue weighted by Crippen LogP contribution is 2.24. The zero-order valence-corrected chi connectivity index (χ0v) is 9.56. The van der Waals surface area contributed by atoms with Crippen LogP contribution in [0.15, 0.2) is 24.3 Å². The summed E-state index contributed by atoms with van der Waals surface area (Å²) in [7, 11) is 1.35. The molecule has 0 spiro atoms. The van der Waals surface area contributed by atoms with E-state index in [1.165, 1.54) is 19.2 Å². The lowest BCUT2D eigenvalue weighted by Crippen LogP contribution is -2.43. The predicted octanol–water partition coefficient (Wildman–Crippen LogP) is 1.97. The Morgan fingerprint density at radius 3 is 2.82 bits per heavy atom. The first kappa shape index (κ1) is 11.9. The highest BCUT2D eigenvalue weighted by molar-refractivity contribution is 5.68. The van der Waals surface area contributed by atoms with E-state index in [4.69, 9.17) is 9.47 Å². The molecule has 1 amide bonds. The first-order valence-corrected chi connectivity index (χ1v) is 5.40. The maximum Gasteiger partial charge on any atom is 0.410 e. The third kappa shape index (κ3) is 2.55. The Labute approximate surface area is 98.9 Å². The van der Waals surface area contributed by atoms with E-state index >= 15 is 0 Å². The Morgan fingerprint density at radius 2 is 2.18 bits per heavy atom. The van der Waals surface area contributed by atoms with Gasteiger partial charge in [-0.05, 0) is 17.7 Å². The maximum absolute atomic E-state index is 12.8. The molecule has 1 aliphatic heterocycles. The van der Waals surface area contributed by atoms with Gasteiger partial charge >= 0.3 is 6.09 Å². The van der Waals surface area contributed by atoms with Crippen molar-refractivity contribution in [2.24, 2.45) is 0 Å². The molecule has 0 aliphatic carbocycles. The average Bonchev–Trinajstić information content (AvgIpc) is 2.39. The molecule has 5 heteroatoms. The van der Waals surface area contributed by atoms with Crippen molar-refractivity contribution in [2.45, 2.75) is 6.04 Å². The lowest BCUT2D eigenvalue weighted by molar-refractivity contribution is -0.00533. The van der Waals surface area contributed by atoms with E-state index in [-0.39, 0.29) is 18.0 Å². The van der Waals surface area contributed by atoms with Crippen molar-refractivity contribution in [2.75, 3.05) is 26.9 Å². The number of benzene rings is 1. The SMILES string of the molecule is COC(=O)N1CCOCC1c1ccc(F)cc1. The van der Waals surface area contributed by atoms with Gasteiger partial charge in [0.05, 0.1) is 26.4 Å². The summed E-state index contributed by atoms with van der Waals surface area (Å²) in [5.41, 5.74) is 0.844. The molecule has 1 aromatic rings. The first-order chi connectivity index (χ1) is 8.22. The molecule has 1 aromatic carbocycles. The second kappa shape index (κ2) is 5.14. The molecule has 0 N–H and O–H groups in total. The Kier molecular flexibility index (Phi) is 3.58. The molecule has 1 unspecified atom stereocenters. The topological polar surface area (TPSA) is 38.8 Å². The molecule has 0 aromatic heterocycles. The number of carbonyl (C=O) groups is 1. The van der Waals surface area contributed by atoms with Gasteiger partial charge in [-0.25, -0.2) is 9.18 Å². The third-order valence-corrected chi connectivity index (χ3v) is 2.79. The summed E-state index contributed by atoms with van der Waals surface area (Å²) in [6.07, 6.45) is -0.386. The van der Waals surface area contributed by atoms with Crippen molar-refractivity contribution in [1.29, 1.82) is 0 Å². The number of ether oxygens (including phenoxy) is 2. The van der Waals surface area contributed by atoms with Gasteiger partial charge in [-0.1, -0.05) is 12.1 Å². The normalized spacial score (nSPS) is 20.1. The van der Waals surface area contributed by atoms with Crippen LogP contribution in [-0.4, -0.2) is 37.9 Å². The van der Waals surface area contributed by atoms with Gasteiger partial charge in [0, 0.05) is 6.54 Å². The second-order valence-electron chi connectivity index (χ2n) is 3.81. The Bertz CT molecular complexity index is 393. The lowest BCUT2D eigenvalue weighted by Gasteiger charge is -2.34. The molecule has 2 rings (SSSR count). The van der Waals surface area contributed by atoms with Crippen LogP contribution in [0.4, 0.5) is 9.18 Å². The summed E-state index contributed by atoms with van der Waals surface area (Å²) < 4.78 is 22.9. The molecule has 0 saturated carbocycles. The minimum Gasteiger partial charge on any atom is -0.453 e. The number of hydrogen-bond donors (Lipinski definition) is 0. The number of amides is 1. The van der Waals surface area contributed by atoms with Crippen molar-refractivity contribution in [1.82, 2.24) is 4.90 Å². The van der Waals surface area contributed by atoms with Gasteiger partial charge in [0.15, 0.2) is 0 Å². The summed E-state index contributed by atoms with van der Waals surface area (Å²) in [5, 5.41) is 0. The third-order valence-electron chi connectivity index (χ3n) is 2.79. The Balaban J connectivity index is 2.21. The van der Waals surface area contributed by atoms with Gasteiger partial charge < -0.3 is 9.47 Å². The fourth-order valence-corrected chi connectivity index (χ4v) is 1.90. The predicted molar refractivity (Wildman–Crippen MR) is 59.1 cm³/mol. The number of rotatable bonds is 1. The fourth-order valence-electron chi connectivity index (χ4n) is 1.90. The molecule has 0 bridgehead atoms. The van der Waals surface area contributed by atoms with Crippen LogP contribution in [0.5, 0.6) is 0 Å². The molecule has 0 radical (unpaired) electrons. The Hall–Kier alpha value is -1.62. The highest BCUT2D eigenvalue weighted by Gasteiger charge is 2.29. The largest absolute Gasteiger partial charge is 0.453 e. The zero-order chi connectivity index (χ0) is 12.3. The van der Waals surface area contributed by atoms with Crippen molar-refractivity contribution in [3.05, 3.63) is 35.6 Å². The molecule has 92 valence electrons. The van der Waals surface area contributed by atoms with E-state index in [2.05, 4.69) is 0 Å². The van der Waals surface area contributed by atoms with Crippen LogP contribution in [0.25, 0.3) is 0 Å². The van der Waals surface area contributed by atoms with E-state index < -0.39 is 0 Å². The van der Waals surface area contributed by atoms with E-state index in [1.807, 2.05) is 0 Å². The number of hydrogen-bond acceptors (Lipinski definition) is 3. The van der Waals surface area contributed by atoms with Crippen LogP contribution in [0.2, 0.25) is 0 Å². The smallest absolute Gasteiger partial charge is 0.410 e. The summed E-state index contributed by atoms with van der Waals surface area (Å²) >= 11 is 0. The minimum absolute atomic E-state index is 0.211. The molecule has 1 saturated heterocycles. The summed E-state index contributed by atoms with van der Waals surface area (Å²) in [5.74, 6) is -0.296. The van der Waals surface area contributed by atoms with Gasteiger partial charge in [-0.2, -0.15) is 0 Å². The van der Waals surface area contributed by atoms with Crippen LogP contribution < -0.4 is 0 Å². The molecule has 1 fully saturated rings. The molecular formula is C12H14FNO3. The number of nitrogens with zero attached hydrogens (tertiary/aromatic N) is 1. The van der Waals surface area contributed by atoms with Gasteiger partial charge in [0.25, 0.3) is 0 Å². The molecule has 1 heterocycles. The number of morpholine rings is 1. The van der Waals surface area contributed by atoms with Crippen LogP contribution >= 0.6 is 0 Å². The average molecular weight is 239 g/mol. The Morgan fingerprint density at radius 1 is 1.47 bits per heavy atom. The fraction of sp³-hybridized carbons (Fsp3) is 0.417. The van der Waals surface area contributed by atoms with Crippen molar-refractivity contribution in [3.63, 3.8) is 0 Å². The second-order valence-corrected chi connectivity index (χ2v) is 3.81. The molecule has 1 aliphatic rings. The summed E-state index contributed by atoms with van der Waals surface area (Å²) in [6, 6.07) is 5.85. The molecular weight excluding hydrogens is 225 g/mol. The molecule has 1 atom stereocenters. The van der Waals surface area contributed by atoms with Crippen molar-refractivity contribution in [3.8, 4) is 0 Å². The van der Waals surface area contributed by atoms with E-state index in [9.17, 15) is 9.18 Å². The van der Waals surface area contributed by atoms with E-state index in [1.54, 1.807) is 17.0 Å². The van der Waals surface area contributed by atoms with Crippen molar-refractivity contribution < 1.29 is 18.7 Å². The quantitative estimate of drug-likeness (QED) is 0.752. The van der Waals surface area contributed by atoms with Gasteiger partial charge in [-0.3, -0.25) is 4.90 Å². The summed E-state index contributed by atoms with van der Waals surface area (Å²) in [6.45, 7) is 1.38. The molecule has 17 heavy (non-hydrogen) atoms.